The maximum absolute atomic E-state index is 11.5. The van der Waals surface area contributed by atoms with E-state index in [9.17, 15) is 8.42 Å². The summed E-state index contributed by atoms with van der Waals surface area (Å²) < 4.78 is 30.3. The first-order valence-corrected chi connectivity index (χ1v) is 9.68. The maximum atomic E-state index is 11.5. The molecule has 0 N–H and O–H groups in total. The summed E-state index contributed by atoms with van der Waals surface area (Å²) in [5.41, 5.74) is 0. The van der Waals surface area contributed by atoms with E-state index in [1.165, 1.54) is 10.6 Å². The van der Waals surface area contributed by atoms with Crippen LogP contribution < -0.4 is 9.64 Å². The molecule has 0 atom stereocenters. The molecule has 0 saturated carbocycles. The summed E-state index contributed by atoms with van der Waals surface area (Å²) in [6, 6.07) is 0. The van der Waals surface area contributed by atoms with Gasteiger partial charge in [0, 0.05) is 26.7 Å². The van der Waals surface area contributed by atoms with E-state index in [1.54, 1.807) is 20.4 Å². The highest BCUT2D eigenvalue weighted by atomic mass is 79.9. The number of hydrogen-bond donors (Lipinski definition) is 0. The van der Waals surface area contributed by atoms with Gasteiger partial charge in [0.05, 0.1) is 24.0 Å². The topological polar surface area (TPSA) is 75.6 Å². The van der Waals surface area contributed by atoms with E-state index >= 15 is 0 Å². The monoisotopic (exact) mass is 392 g/mol. The van der Waals surface area contributed by atoms with Gasteiger partial charge in [-0.05, 0) is 34.7 Å². The number of nitrogens with zero attached hydrogens (tertiary/aromatic N) is 4. The summed E-state index contributed by atoms with van der Waals surface area (Å²) in [7, 11) is 0.0945. The van der Waals surface area contributed by atoms with E-state index < -0.39 is 10.0 Å². The van der Waals surface area contributed by atoms with Crippen LogP contribution in [0, 0.1) is 5.92 Å². The van der Waals surface area contributed by atoms with Gasteiger partial charge in [-0.2, -0.15) is 4.98 Å². The molecule has 1 aliphatic rings. The molecule has 2 rings (SSSR count). The van der Waals surface area contributed by atoms with Crippen molar-refractivity contribution < 1.29 is 13.2 Å². The van der Waals surface area contributed by atoms with E-state index in [-0.39, 0.29) is 0 Å². The zero-order chi connectivity index (χ0) is 16.3. The van der Waals surface area contributed by atoms with Crippen molar-refractivity contribution >= 4 is 31.9 Å². The highest BCUT2D eigenvalue weighted by molar-refractivity contribution is 9.10. The molecule has 2 heterocycles. The van der Waals surface area contributed by atoms with Gasteiger partial charge in [-0.1, -0.05) is 0 Å². The summed E-state index contributed by atoms with van der Waals surface area (Å²) in [4.78, 5) is 10.8. The van der Waals surface area contributed by atoms with Crippen LogP contribution in [0.25, 0.3) is 0 Å². The van der Waals surface area contributed by atoms with Crippen LogP contribution in [0.1, 0.15) is 12.8 Å². The minimum absolute atomic E-state index is 0.369. The van der Waals surface area contributed by atoms with Crippen LogP contribution in [0.4, 0.5) is 5.95 Å². The zero-order valence-electron chi connectivity index (χ0n) is 13.0. The van der Waals surface area contributed by atoms with Crippen molar-refractivity contribution in [2.75, 3.05) is 44.9 Å². The molecule has 124 valence electrons. The smallest absolute Gasteiger partial charge is 0.232 e. The Kier molecular flexibility index (Phi) is 5.62. The van der Waals surface area contributed by atoms with E-state index in [0.29, 0.717) is 24.3 Å². The Hall–Kier alpha value is -0.930. The van der Waals surface area contributed by atoms with Gasteiger partial charge in [-0.3, -0.25) is 0 Å². The molecule has 7 nitrogen and oxygen atoms in total. The van der Waals surface area contributed by atoms with Gasteiger partial charge in [0.25, 0.3) is 0 Å². The Morgan fingerprint density at radius 2 is 2.09 bits per heavy atom. The van der Waals surface area contributed by atoms with Crippen molar-refractivity contribution in [1.29, 1.82) is 0 Å². The van der Waals surface area contributed by atoms with Crippen LogP contribution in [0.3, 0.4) is 0 Å². The Balaban J connectivity index is 1.95. The summed E-state index contributed by atoms with van der Waals surface area (Å²) in [5.74, 6) is 1.53. The molecule has 0 aromatic carbocycles. The predicted molar refractivity (Wildman–Crippen MR) is 88.7 cm³/mol. The lowest BCUT2D eigenvalue weighted by Gasteiger charge is -2.33. The molecule has 0 amide bonds. The van der Waals surface area contributed by atoms with E-state index in [1.807, 2.05) is 0 Å². The summed E-state index contributed by atoms with van der Waals surface area (Å²) in [5, 5.41) is 0. The van der Waals surface area contributed by atoms with E-state index in [4.69, 9.17) is 4.74 Å². The molecule has 1 aromatic heterocycles. The fourth-order valence-electron chi connectivity index (χ4n) is 2.45. The lowest BCUT2D eigenvalue weighted by atomic mass is 9.97. The second-order valence-electron chi connectivity index (χ2n) is 5.50. The first-order valence-electron chi connectivity index (χ1n) is 7.04. The fraction of sp³-hybridized carbons (Fsp3) is 0.692. The minimum atomic E-state index is -3.11. The second kappa shape index (κ2) is 7.10. The molecule has 9 heteroatoms. The standard InChI is InChI=1S/C13H21BrN4O3S/c1-17(22(3,19)20)9-10-4-6-18(7-5-10)13-15-8-11(14)12(16-13)21-2/h8,10H,4-7,9H2,1-3H3. The highest BCUT2D eigenvalue weighted by Crippen LogP contribution is 2.26. The SMILES string of the molecule is COc1nc(N2CCC(CN(C)S(C)(=O)=O)CC2)ncc1Br. The van der Waals surface area contributed by atoms with Crippen molar-refractivity contribution in [2.24, 2.45) is 5.92 Å². The molecule has 1 aromatic rings. The molecular weight excluding hydrogens is 372 g/mol. The number of piperidine rings is 1. The van der Waals surface area contributed by atoms with Crippen LogP contribution in [0.15, 0.2) is 10.7 Å². The number of ether oxygens (including phenoxy) is 1. The van der Waals surface area contributed by atoms with Crippen LogP contribution in [0.2, 0.25) is 0 Å². The Morgan fingerprint density at radius 3 is 2.64 bits per heavy atom. The van der Waals surface area contributed by atoms with Crippen LogP contribution in [-0.2, 0) is 10.0 Å². The summed E-state index contributed by atoms with van der Waals surface area (Å²) >= 11 is 3.34. The third kappa shape index (κ3) is 4.30. The predicted octanol–water partition coefficient (Wildman–Crippen LogP) is 1.36. The average Bonchev–Trinajstić information content (AvgIpc) is 2.47. The molecule has 22 heavy (non-hydrogen) atoms. The van der Waals surface area contributed by atoms with Crippen molar-refractivity contribution in [1.82, 2.24) is 14.3 Å². The first kappa shape index (κ1) is 17.4. The van der Waals surface area contributed by atoms with Crippen LogP contribution >= 0.6 is 15.9 Å². The molecule has 1 aliphatic heterocycles. The third-order valence-electron chi connectivity index (χ3n) is 3.87. The van der Waals surface area contributed by atoms with Crippen LogP contribution in [0.5, 0.6) is 5.88 Å². The molecule has 0 radical (unpaired) electrons. The number of aromatic nitrogens is 2. The van der Waals surface area contributed by atoms with Crippen molar-refractivity contribution in [3.05, 3.63) is 10.7 Å². The molecular formula is C13H21BrN4O3S. The quantitative estimate of drug-likeness (QED) is 0.752. The fourth-order valence-corrected chi connectivity index (χ4v) is 3.29. The van der Waals surface area contributed by atoms with Gasteiger partial charge in [0.2, 0.25) is 21.9 Å². The molecule has 1 saturated heterocycles. The molecule has 0 bridgehead atoms. The Morgan fingerprint density at radius 1 is 1.45 bits per heavy atom. The van der Waals surface area contributed by atoms with E-state index in [2.05, 4.69) is 30.8 Å². The van der Waals surface area contributed by atoms with Gasteiger partial charge in [0.15, 0.2) is 0 Å². The lowest BCUT2D eigenvalue weighted by Crippen LogP contribution is -2.39. The second-order valence-corrected chi connectivity index (χ2v) is 8.44. The number of hydrogen-bond acceptors (Lipinski definition) is 6. The largest absolute Gasteiger partial charge is 0.480 e. The first-order chi connectivity index (χ1) is 10.3. The van der Waals surface area contributed by atoms with E-state index in [0.717, 1.165) is 30.4 Å². The zero-order valence-corrected chi connectivity index (χ0v) is 15.4. The number of halogens is 1. The maximum Gasteiger partial charge on any atom is 0.232 e. The number of rotatable bonds is 5. The van der Waals surface area contributed by atoms with Crippen LogP contribution in [-0.4, -0.2) is 62.7 Å². The number of sulfonamides is 1. The molecule has 0 spiro atoms. The summed E-state index contributed by atoms with van der Waals surface area (Å²) in [6.45, 7) is 2.19. The number of methoxy groups -OCH3 is 1. The van der Waals surface area contributed by atoms with Gasteiger partial charge in [0.1, 0.15) is 0 Å². The molecule has 1 fully saturated rings. The lowest BCUT2D eigenvalue weighted by molar-refractivity contribution is 0.327. The molecule has 0 aliphatic carbocycles. The average molecular weight is 393 g/mol. The van der Waals surface area contributed by atoms with Gasteiger partial charge in [-0.25, -0.2) is 17.7 Å². The molecule has 0 unspecified atom stereocenters. The summed E-state index contributed by atoms with van der Waals surface area (Å²) in [6.07, 6.45) is 4.76. The van der Waals surface area contributed by atoms with Gasteiger partial charge >= 0.3 is 0 Å². The van der Waals surface area contributed by atoms with Crippen molar-refractivity contribution in [3.8, 4) is 5.88 Å². The van der Waals surface area contributed by atoms with Gasteiger partial charge < -0.3 is 9.64 Å². The normalized spacial score (nSPS) is 17.0. The minimum Gasteiger partial charge on any atom is -0.480 e. The highest BCUT2D eigenvalue weighted by Gasteiger charge is 2.24. The van der Waals surface area contributed by atoms with Gasteiger partial charge in [-0.15, -0.1) is 0 Å². The Bertz CT molecular complexity index is 618. The third-order valence-corrected chi connectivity index (χ3v) is 5.70. The Labute approximate surface area is 139 Å². The van der Waals surface area contributed by atoms with Crippen molar-refractivity contribution in [2.45, 2.75) is 12.8 Å². The van der Waals surface area contributed by atoms with Crippen molar-refractivity contribution in [3.63, 3.8) is 0 Å². The number of anilines is 1.